The van der Waals surface area contributed by atoms with Crippen molar-refractivity contribution in [2.45, 2.75) is 38.6 Å². The molecule has 0 radical (unpaired) electrons. The van der Waals surface area contributed by atoms with Crippen LogP contribution in [0.4, 0.5) is 4.39 Å². The average Bonchev–Trinajstić information content (AvgIpc) is 2.37. The summed E-state index contributed by atoms with van der Waals surface area (Å²) in [5.41, 5.74) is 7.03. The van der Waals surface area contributed by atoms with E-state index in [0.717, 1.165) is 25.1 Å². The lowest BCUT2D eigenvalue weighted by Gasteiger charge is -2.42. The predicted octanol–water partition coefficient (Wildman–Crippen LogP) is 3.34. The minimum Gasteiger partial charge on any atom is -0.330 e. The maximum atomic E-state index is 13.8. The highest BCUT2D eigenvalue weighted by Gasteiger charge is 2.35. The maximum Gasteiger partial charge on any atom is 0.127 e. The van der Waals surface area contributed by atoms with E-state index in [9.17, 15) is 4.39 Å². The van der Waals surface area contributed by atoms with Gasteiger partial charge in [-0.05, 0) is 57.8 Å². The third-order valence-corrected chi connectivity index (χ3v) is 4.86. The zero-order valence-electron chi connectivity index (χ0n) is 12.0. The molecule has 0 aromatic heterocycles. The molecule has 0 heterocycles. The van der Waals surface area contributed by atoms with Gasteiger partial charge < -0.3 is 5.73 Å². The SMILES string of the molecule is CC(c1ccccc1F)N(C)CCC1(CN)CCC1. The van der Waals surface area contributed by atoms with Crippen LogP contribution < -0.4 is 5.73 Å². The van der Waals surface area contributed by atoms with Crippen molar-refractivity contribution in [3.05, 3.63) is 35.6 Å². The van der Waals surface area contributed by atoms with Crippen LogP contribution in [0.2, 0.25) is 0 Å². The predicted molar refractivity (Wildman–Crippen MR) is 77.4 cm³/mol. The number of nitrogens with two attached hydrogens (primary N) is 1. The number of hydrogen-bond acceptors (Lipinski definition) is 2. The lowest BCUT2D eigenvalue weighted by Crippen LogP contribution is -2.40. The molecule has 1 fully saturated rings. The molecule has 19 heavy (non-hydrogen) atoms. The maximum absolute atomic E-state index is 13.8. The van der Waals surface area contributed by atoms with Crippen LogP contribution in [0.3, 0.4) is 0 Å². The number of rotatable bonds is 6. The first kappa shape index (κ1) is 14.5. The Kier molecular flexibility index (Phi) is 4.58. The molecule has 1 aromatic rings. The van der Waals surface area contributed by atoms with Crippen LogP contribution in [0, 0.1) is 11.2 Å². The van der Waals surface area contributed by atoms with E-state index < -0.39 is 0 Å². The van der Waals surface area contributed by atoms with Crippen molar-refractivity contribution < 1.29 is 4.39 Å². The summed E-state index contributed by atoms with van der Waals surface area (Å²) >= 11 is 0. The van der Waals surface area contributed by atoms with Gasteiger partial charge in [0, 0.05) is 11.6 Å². The molecule has 0 saturated heterocycles. The van der Waals surface area contributed by atoms with Gasteiger partial charge in [0.1, 0.15) is 5.82 Å². The van der Waals surface area contributed by atoms with Crippen LogP contribution >= 0.6 is 0 Å². The molecule has 2 rings (SSSR count). The fourth-order valence-electron chi connectivity index (χ4n) is 2.89. The molecular formula is C16H25FN2. The van der Waals surface area contributed by atoms with Crippen molar-refractivity contribution in [2.24, 2.45) is 11.1 Å². The third-order valence-electron chi connectivity index (χ3n) is 4.86. The minimum absolute atomic E-state index is 0.108. The van der Waals surface area contributed by atoms with Gasteiger partial charge in [0.25, 0.3) is 0 Å². The van der Waals surface area contributed by atoms with E-state index in [4.69, 9.17) is 5.73 Å². The summed E-state index contributed by atoms with van der Waals surface area (Å²) in [5.74, 6) is -0.112. The summed E-state index contributed by atoms with van der Waals surface area (Å²) in [6.45, 7) is 3.83. The summed E-state index contributed by atoms with van der Waals surface area (Å²) < 4.78 is 13.8. The molecule has 1 aliphatic rings. The van der Waals surface area contributed by atoms with Crippen LogP contribution in [0.25, 0.3) is 0 Å². The quantitative estimate of drug-likeness (QED) is 0.854. The molecule has 0 spiro atoms. The monoisotopic (exact) mass is 264 g/mol. The van der Waals surface area contributed by atoms with E-state index in [-0.39, 0.29) is 11.9 Å². The fourth-order valence-corrected chi connectivity index (χ4v) is 2.89. The van der Waals surface area contributed by atoms with Crippen molar-refractivity contribution >= 4 is 0 Å². The highest BCUT2D eigenvalue weighted by molar-refractivity contribution is 5.20. The number of halogens is 1. The molecule has 2 N–H and O–H groups in total. The van der Waals surface area contributed by atoms with Gasteiger partial charge in [-0.15, -0.1) is 0 Å². The summed E-state index contributed by atoms with van der Waals surface area (Å²) in [4.78, 5) is 2.23. The van der Waals surface area contributed by atoms with Gasteiger partial charge in [0.15, 0.2) is 0 Å². The highest BCUT2D eigenvalue weighted by Crippen LogP contribution is 2.43. The summed E-state index contributed by atoms with van der Waals surface area (Å²) in [7, 11) is 2.07. The van der Waals surface area contributed by atoms with Crippen molar-refractivity contribution in [3.8, 4) is 0 Å². The first-order valence-electron chi connectivity index (χ1n) is 7.23. The van der Waals surface area contributed by atoms with Crippen molar-refractivity contribution in [3.63, 3.8) is 0 Å². The highest BCUT2D eigenvalue weighted by atomic mass is 19.1. The second kappa shape index (κ2) is 6.02. The van der Waals surface area contributed by atoms with Gasteiger partial charge >= 0.3 is 0 Å². The number of hydrogen-bond donors (Lipinski definition) is 1. The van der Waals surface area contributed by atoms with E-state index in [2.05, 4.69) is 18.9 Å². The molecule has 0 aliphatic heterocycles. The third kappa shape index (κ3) is 3.15. The molecule has 2 nitrogen and oxygen atoms in total. The Balaban J connectivity index is 1.92. The Morgan fingerprint density at radius 1 is 1.37 bits per heavy atom. The van der Waals surface area contributed by atoms with E-state index in [0.29, 0.717) is 5.41 Å². The van der Waals surface area contributed by atoms with Gasteiger partial charge in [0.05, 0.1) is 0 Å². The molecule has 1 aliphatic carbocycles. The molecule has 0 bridgehead atoms. The van der Waals surface area contributed by atoms with Crippen LogP contribution in [0.5, 0.6) is 0 Å². The van der Waals surface area contributed by atoms with Crippen molar-refractivity contribution in [1.29, 1.82) is 0 Å². The fraction of sp³-hybridized carbons (Fsp3) is 0.625. The second-order valence-electron chi connectivity index (χ2n) is 5.99. The summed E-state index contributed by atoms with van der Waals surface area (Å²) in [6.07, 6.45) is 4.94. The van der Waals surface area contributed by atoms with Gasteiger partial charge in [-0.2, -0.15) is 0 Å². The van der Waals surface area contributed by atoms with Gasteiger partial charge in [-0.1, -0.05) is 24.6 Å². The topological polar surface area (TPSA) is 29.3 Å². The number of nitrogens with zero attached hydrogens (tertiary/aromatic N) is 1. The first-order valence-corrected chi connectivity index (χ1v) is 7.23. The standard InChI is InChI=1S/C16H25FN2/c1-13(14-6-3-4-7-15(14)17)19(2)11-10-16(12-18)8-5-9-16/h3-4,6-7,13H,5,8-12,18H2,1-2H3. The first-order chi connectivity index (χ1) is 9.08. The molecular weight excluding hydrogens is 239 g/mol. The largest absolute Gasteiger partial charge is 0.330 e. The molecule has 1 atom stereocenters. The molecule has 1 aromatic carbocycles. The van der Waals surface area contributed by atoms with Gasteiger partial charge in [0.2, 0.25) is 0 Å². The van der Waals surface area contributed by atoms with Crippen molar-refractivity contribution in [1.82, 2.24) is 4.90 Å². The average molecular weight is 264 g/mol. The zero-order chi connectivity index (χ0) is 13.9. The number of benzene rings is 1. The normalized spacial score (nSPS) is 19.2. The zero-order valence-corrected chi connectivity index (χ0v) is 12.0. The Morgan fingerprint density at radius 2 is 2.05 bits per heavy atom. The second-order valence-corrected chi connectivity index (χ2v) is 5.99. The molecule has 0 amide bonds. The van der Waals surface area contributed by atoms with E-state index in [1.54, 1.807) is 6.07 Å². The Morgan fingerprint density at radius 3 is 2.58 bits per heavy atom. The lowest BCUT2D eigenvalue weighted by molar-refractivity contribution is 0.103. The molecule has 1 saturated carbocycles. The van der Waals surface area contributed by atoms with Crippen LogP contribution in [0.1, 0.15) is 44.2 Å². The summed E-state index contributed by atoms with van der Waals surface area (Å²) in [5, 5.41) is 0. The van der Waals surface area contributed by atoms with Crippen LogP contribution in [0.15, 0.2) is 24.3 Å². The van der Waals surface area contributed by atoms with E-state index in [1.165, 1.54) is 25.3 Å². The Hall–Kier alpha value is -0.930. The minimum atomic E-state index is -0.112. The smallest absolute Gasteiger partial charge is 0.127 e. The van der Waals surface area contributed by atoms with E-state index >= 15 is 0 Å². The summed E-state index contributed by atoms with van der Waals surface area (Å²) in [6, 6.07) is 7.15. The lowest BCUT2D eigenvalue weighted by atomic mass is 9.66. The van der Waals surface area contributed by atoms with E-state index in [1.807, 2.05) is 12.1 Å². The van der Waals surface area contributed by atoms with Crippen LogP contribution in [-0.4, -0.2) is 25.0 Å². The Bertz CT molecular complexity index is 409. The molecule has 3 heteroatoms. The van der Waals surface area contributed by atoms with Crippen LogP contribution in [-0.2, 0) is 0 Å². The van der Waals surface area contributed by atoms with Crippen molar-refractivity contribution in [2.75, 3.05) is 20.1 Å². The molecule has 1 unspecified atom stereocenters. The van der Waals surface area contributed by atoms with Gasteiger partial charge in [-0.25, -0.2) is 4.39 Å². The molecule has 106 valence electrons. The van der Waals surface area contributed by atoms with Gasteiger partial charge in [-0.3, -0.25) is 4.90 Å². The Labute approximate surface area is 115 Å².